The van der Waals surface area contributed by atoms with Gasteiger partial charge in [-0.3, -0.25) is 0 Å². The van der Waals surface area contributed by atoms with E-state index < -0.39 is 11.6 Å². The molecular formula is C14H11Cl2F2N. The van der Waals surface area contributed by atoms with Crippen LogP contribution in [0.4, 0.5) is 14.5 Å². The Morgan fingerprint density at radius 2 is 1.79 bits per heavy atom. The van der Waals surface area contributed by atoms with Crippen molar-refractivity contribution in [2.75, 3.05) is 5.32 Å². The summed E-state index contributed by atoms with van der Waals surface area (Å²) in [4.78, 5) is 0. The van der Waals surface area contributed by atoms with Gasteiger partial charge in [0, 0.05) is 22.7 Å². The summed E-state index contributed by atoms with van der Waals surface area (Å²) in [7, 11) is 0. The highest BCUT2D eigenvalue weighted by Gasteiger charge is 2.08. The zero-order valence-corrected chi connectivity index (χ0v) is 11.6. The topological polar surface area (TPSA) is 12.0 Å². The average Bonchev–Trinajstić information content (AvgIpc) is 2.36. The third-order valence-corrected chi connectivity index (χ3v) is 3.33. The number of hydrogen-bond acceptors (Lipinski definition) is 1. The molecule has 19 heavy (non-hydrogen) atoms. The molecule has 0 saturated carbocycles. The molecular weight excluding hydrogens is 291 g/mol. The number of benzene rings is 2. The molecule has 2 aromatic carbocycles. The first-order valence-corrected chi connectivity index (χ1v) is 6.36. The number of anilines is 1. The van der Waals surface area contributed by atoms with Gasteiger partial charge in [0.15, 0.2) is 0 Å². The van der Waals surface area contributed by atoms with Crippen LogP contribution in [0.2, 0.25) is 10.0 Å². The fourth-order valence-corrected chi connectivity index (χ4v) is 2.03. The predicted octanol–water partition coefficient (Wildman–Crippen LogP) is 5.19. The van der Waals surface area contributed by atoms with Crippen LogP contribution in [0.25, 0.3) is 0 Å². The van der Waals surface area contributed by atoms with Crippen LogP contribution in [0.1, 0.15) is 11.1 Å². The molecule has 0 heterocycles. The third-order valence-electron chi connectivity index (χ3n) is 2.73. The molecule has 0 fully saturated rings. The summed E-state index contributed by atoms with van der Waals surface area (Å²) in [6, 6.07) is 7.28. The summed E-state index contributed by atoms with van der Waals surface area (Å²) in [6.45, 7) is 1.77. The maximum Gasteiger partial charge on any atom is 0.146 e. The predicted molar refractivity (Wildman–Crippen MR) is 74.9 cm³/mol. The number of hydrogen-bond donors (Lipinski definition) is 1. The molecule has 0 radical (unpaired) electrons. The smallest absolute Gasteiger partial charge is 0.146 e. The SMILES string of the molecule is Cc1cc(F)c(NCc2cc(Cl)ccc2Cl)cc1F. The van der Waals surface area contributed by atoms with Crippen molar-refractivity contribution in [1.29, 1.82) is 0 Å². The van der Waals surface area contributed by atoms with E-state index in [-0.39, 0.29) is 17.8 Å². The molecule has 5 heteroatoms. The molecule has 2 aromatic rings. The van der Waals surface area contributed by atoms with Crippen molar-refractivity contribution in [3.8, 4) is 0 Å². The number of halogens is 4. The maximum atomic E-state index is 13.6. The minimum absolute atomic E-state index is 0.0964. The van der Waals surface area contributed by atoms with Crippen molar-refractivity contribution >= 4 is 28.9 Å². The van der Waals surface area contributed by atoms with Gasteiger partial charge in [-0.2, -0.15) is 0 Å². The van der Waals surface area contributed by atoms with Gasteiger partial charge < -0.3 is 5.32 Å². The maximum absolute atomic E-state index is 13.6. The van der Waals surface area contributed by atoms with Crippen LogP contribution in [0.3, 0.4) is 0 Å². The molecule has 0 aromatic heterocycles. The van der Waals surface area contributed by atoms with E-state index in [1.165, 1.54) is 6.92 Å². The lowest BCUT2D eigenvalue weighted by Gasteiger charge is -2.10. The second-order valence-corrected chi connectivity index (χ2v) is 5.01. The van der Waals surface area contributed by atoms with E-state index in [1.54, 1.807) is 18.2 Å². The first kappa shape index (κ1) is 14.1. The van der Waals surface area contributed by atoms with Gasteiger partial charge >= 0.3 is 0 Å². The lowest BCUT2D eigenvalue weighted by molar-refractivity contribution is 0.594. The number of nitrogens with one attached hydrogen (secondary N) is 1. The molecule has 100 valence electrons. The number of rotatable bonds is 3. The highest BCUT2D eigenvalue weighted by Crippen LogP contribution is 2.23. The van der Waals surface area contributed by atoms with E-state index in [2.05, 4.69) is 5.32 Å². The standard InChI is InChI=1S/C14H11Cl2F2N/c1-8-4-13(18)14(6-12(8)17)19-7-9-5-10(15)2-3-11(9)16/h2-6,19H,7H2,1H3. The van der Waals surface area contributed by atoms with Gasteiger partial charge in [0.1, 0.15) is 11.6 Å². The van der Waals surface area contributed by atoms with Gasteiger partial charge in [-0.05, 0) is 42.3 Å². The molecule has 0 unspecified atom stereocenters. The summed E-state index contributed by atoms with van der Waals surface area (Å²) in [5, 5.41) is 3.86. The lowest BCUT2D eigenvalue weighted by Crippen LogP contribution is -2.03. The Kier molecular flexibility index (Phi) is 4.27. The third kappa shape index (κ3) is 3.37. The Morgan fingerprint density at radius 3 is 2.53 bits per heavy atom. The van der Waals surface area contributed by atoms with Crippen LogP contribution in [0, 0.1) is 18.6 Å². The molecule has 0 saturated heterocycles. The summed E-state index contributed by atoms with van der Waals surface area (Å²) in [6.07, 6.45) is 0. The second kappa shape index (κ2) is 5.76. The van der Waals surface area contributed by atoms with E-state index in [9.17, 15) is 8.78 Å². The van der Waals surface area contributed by atoms with Gasteiger partial charge in [0.25, 0.3) is 0 Å². The lowest BCUT2D eigenvalue weighted by atomic mass is 10.2. The molecule has 1 N–H and O–H groups in total. The Hall–Kier alpha value is -1.32. The average molecular weight is 302 g/mol. The zero-order valence-electron chi connectivity index (χ0n) is 10.1. The summed E-state index contributed by atoms with van der Waals surface area (Å²) in [5.41, 5.74) is 1.08. The minimum atomic E-state index is -0.503. The van der Waals surface area contributed by atoms with Crippen LogP contribution in [-0.2, 0) is 6.54 Å². The minimum Gasteiger partial charge on any atom is -0.378 e. The van der Waals surface area contributed by atoms with Crippen molar-refractivity contribution in [3.05, 3.63) is 63.1 Å². The summed E-state index contributed by atoms with van der Waals surface area (Å²) < 4.78 is 27.0. The molecule has 0 aliphatic carbocycles. The van der Waals surface area contributed by atoms with Gasteiger partial charge in [-0.1, -0.05) is 23.2 Å². The monoisotopic (exact) mass is 301 g/mol. The molecule has 0 atom stereocenters. The Morgan fingerprint density at radius 1 is 1.05 bits per heavy atom. The Labute approximate surface area is 120 Å². The fourth-order valence-electron chi connectivity index (χ4n) is 1.65. The van der Waals surface area contributed by atoms with Crippen LogP contribution in [-0.4, -0.2) is 0 Å². The van der Waals surface area contributed by atoms with E-state index in [0.29, 0.717) is 10.0 Å². The van der Waals surface area contributed by atoms with Crippen LogP contribution >= 0.6 is 23.2 Å². The summed E-state index contributed by atoms with van der Waals surface area (Å²) >= 11 is 11.8. The molecule has 0 aliphatic heterocycles. The highest BCUT2D eigenvalue weighted by atomic mass is 35.5. The van der Waals surface area contributed by atoms with Crippen molar-refractivity contribution in [2.45, 2.75) is 13.5 Å². The van der Waals surface area contributed by atoms with E-state index >= 15 is 0 Å². The highest BCUT2D eigenvalue weighted by molar-refractivity contribution is 6.33. The first-order valence-electron chi connectivity index (χ1n) is 5.61. The van der Waals surface area contributed by atoms with Gasteiger partial charge in [-0.25, -0.2) is 8.78 Å². The van der Waals surface area contributed by atoms with Crippen molar-refractivity contribution in [3.63, 3.8) is 0 Å². The van der Waals surface area contributed by atoms with Crippen LogP contribution < -0.4 is 5.32 Å². The molecule has 0 bridgehead atoms. The quantitative estimate of drug-likeness (QED) is 0.822. The Bertz CT molecular complexity index is 615. The van der Waals surface area contributed by atoms with Gasteiger partial charge in [0.2, 0.25) is 0 Å². The van der Waals surface area contributed by atoms with Gasteiger partial charge in [0.05, 0.1) is 5.69 Å². The van der Waals surface area contributed by atoms with Crippen molar-refractivity contribution in [1.82, 2.24) is 0 Å². The fraction of sp³-hybridized carbons (Fsp3) is 0.143. The van der Waals surface area contributed by atoms with E-state index in [1.807, 2.05) is 0 Å². The van der Waals surface area contributed by atoms with E-state index in [4.69, 9.17) is 23.2 Å². The van der Waals surface area contributed by atoms with Crippen molar-refractivity contribution in [2.24, 2.45) is 0 Å². The molecule has 2 rings (SSSR count). The van der Waals surface area contributed by atoms with E-state index in [0.717, 1.165) is 17.7 Å². The number of aryl methyl sites for hydroxylation is 1. The molecule has 0 amide bonds. The van der Waals surface area contributed by atoms with Crippen molar-refractivity contribution < 1.29 is 8.78 Å². The van der Waals surface area contributed by atoms with Gasteiger partial charge in [-0.15, -0.1) is 0 Å². The second-order valence-electron chi connectivity index (χ2n) is 4.17. The van der Waals surface area contributed by atoms with Crippen LogP contribution in [0.15, 0.2) is 30.3 Å². The molecule has 0 spiro atoms. The normalized spacial score (nSPS) is 10.6. The largest absolute Gasteiger partial charge is 0.378 e. The molecule has 0 aliphatic rings. The Balaban J connectivity index is 2.19. The zero-order chi connectivity index (χ0) is 14.0. The first-order chi connectivity index (χ1) is 8.97. The van der Waals surface area contributed by atoms with Crippen LogP contribution in [0.5, 0.6) is 0 Å². The molecule has 1 nitrogen and oxygen atoms in total. The summed E-state index contributed by atoms with van der Waals surface area (Å²) in [5.74, 6) is -0.960.